The van der Waals surface area contributed by atoms with Crippen LogP contribution < -0.4 is 19.5 Å². The fraction of sp³-hybridized carbons (Fsp3) is 0.154. The van der Waals surface area contributed by atoms with Crippen molar-refractivity contribution in [3.05, 3.63) is 83.8 Å². The normalized spacial score (nSPS) is 15.4. The molecule has 0 bridgehead atoms. The zero-order valence-electron chi connectivity index (χ0n) is 19.0. The molecule has 1 heterocycles. The fourth-order valence-corrected chi connectivity index (χ4v) is 5.21. The minimum absolute atomic E-state index is 0.187. The van der Waals surface area contributed by atoms with E-state index in [4.69, 9.17) is 14.2 Å². The van der Waals surface area contributed by atoms with Gasteiger partial charge in [0.25, 0.3) is 5.91 Å². The quantitative estimate of drug-likeness (QED) is 0.206. The number of aliphatic imine (C=N–C) groups is 1. The summed E-state index contributed by atoms with van der Waals surface area (Å²) in [6, 6.07) is 19.5. The summed E-state index contributed by atoms with van der Waals surface area (Å²) in [5, 5.41) is 3.36. The summed E-state index contributed by atoms with van der Waals surface area (Å²) in [7, 11) is 1.61. The minimum atomic E-state index is -0.187. The third-order valence-electron chi connectivity index (χ3n) is 4.88. The number of nitrogens with zero attached hydrogens (tertiary/aromatic N) is 1. The highest BCUT2D eigenvalue weighted by Crippen LogP contribution is 2.36. The number of halogens is 2. The molecule has 180 valence electrons. The molecule has 1 fully saturated rings. The number of benzene rings is 3. The van der Waals surface area contributed by atoms with Gasteiger partial charge in [-0.05, 0) is 130 Å². The molecule has 6 nitrogen and oxygen atoms in total. The van der Waals surface area contributed by atoms with Crippen LogP contribution in [-0.4, -0.2) is 24.8 Å². The first-order valence-electron chi connectivity index (χ1n) is 10.7. The highest BCUT2D eigenvalue weighted by atomic mass is 127. The summed E-state index contributed by atoms with van der Waals surface area (Å²) < 4.78 is 19.2. The van der Waals surface area contributed by atoms with Crippen molar-refractivity contribution in [1.82, 2.24) is 5.32 Å². The number of hydrogen-bond acceptors (Lipinski definition) is 6. The van der Waals surface area contributed by atoms with E-state index in [0.29, 0.717) is 34.8 Å². The molecule has 1 aliphatic heterocycles. The van der Waals surface area contributed by atoms with E-state index in [1.165, 1.54) is 15.3 Å². The predicted molar refractivity (Wildman–Crippen MR) is 158 cm³/mol. The number of carbonyl (C=O) groups excluding carboxylic acids is 1. The van der Waals surface area contributed by atoms with Gasteiger partial charge in [0.1, 0.15) is 12.4 Å². The van der Waals surface area contributed by atoms with Crippen LogP contribution >= 0.6 is 56.9 Å². The topological polar surface area (TPSA) is 69.2 Å². The lowest BCUT2D eigenvalue weighted by Crippen LogP contribution is -2.19. The Labute approximate surface area is 235 Å². The van der Waals surface area contributed by atoms with Gasteiger partial charge in [-0.1, -0.05) is 12.1 Å². The second-order valence-electron chi connectivity index (χ2n) is 7.36. The monoisotopic (exact) mass is 712 g/mol. The molecule has 0 unspecified atom stereocenters. The van der Waals surface area contributed by atoms with Crippen LogP contribution in [0.15, 0.2) is 70.6 Å². The Morgan fingerprint density at radius 3 is 2.46 bits per heavy atom. The number of methoxy groups -OCH3 is 1. The largest absolute Gasteiger partial charge is 0.494 e. The Hall–Kier alpha value is -2.25. The average molecular weight is 712 g/mol. The molecule has 0 atom stereocenters. The van der Waals surface area contributed by atoms with Crippen molar-refractivity contribution in [3.8, 4) is 17.2 Å². The van der Waals surface area contributed by atoms with Crippen molar-refractivity contribution in [3.63, 3.8) is 0 Å². The first-order valence-corrected chi connectivity index (χ1v) is 13.7. The summed E-state index contributed by atoms with van der Waals surface area (Å²) in [6.07, 6.45) is 1.83. The number of ether oxygens (including phenoxy) is 3. The van der Waals surface area contributed by atoms with Gasteiger partial charge < -0.3 is 19.5 Å². The van der Waals surface area contributed by atoms with Crippen LogP contribution in [0, 0.1) is 7.14 Å². The van der Waals surface area contributed by atoms with Crippen molar-refractivity contribution in [1.29, 1.82) is 0 Å². The number of carbonyl (C=O) groups is 1. The molecule has 3 aromatic rings. The third kappa shape index (κ3) is 6.91. The zero-order valence-corrected chi connectivity index (χ0v) is 24.1. The minimum Gasteiger partial charge on any atom is -0.494 e. The number of hydrogen-bond donors (Lipinski definition) is 1. The molecule has 0 radical (unpaired) electrons. The van der Waals surface area contributed by atoms with Gasteiger partial charge in [0, 0.05) is 3.57 Å². The number of nitrogens with one attached hydrogen (secondary N) is 1. The lowest BCUT2D eigenvalue weighted by molar-refractivity contribution is -0.115. The van der Waals surface area contributed by atoms with Crippen LogP contribution in [0.3, 0.4) is 0 Å². The van der Waals surface area contributed by atoms with E-state index in [1.807, 2.05) is 61.5 Å². The third-order valence-corrected chi connectivity index (χ3v) is 7.31. The van der Waals surface area contributed by atoms with E-state index >= 15 is 0 Å². The molecule has 1 aliphatic rings. The van der Waals surface area contributed by atoms with E-state index in [1.54, 1.807) is 7.11 Å². The van der Waals surface area contributed by atoms with E-state index in [0.717, 1.165) is 26.1 Å². The lowest BCUT2D eigenvalue weighted by atomic mass is 10.2. The summed E-state index contributed by atoms with van der Waals surface area (Å²) in [5.74, 6) is 1.89. The van der Waals surface area contributed by atoms with Crippen molar-refractivity contribution >= 4 is 79.8 Å². The maximum atomic E-state index is 12.5. The van der Waals surface area contributed by atoms with E-state index in [2.05, 4.69) is 67.6 Å². The molecule has 1 saturated heterocycles. The molecule has 1 amide bonds. The Balaban J connectivity index is 1.49. The van der Waals surface area contributed by atoms with Crippen LogP contribution in [0.5, 0.6) is 17.2 Å². The molecule has 0 saturated carbocycles. The van der Waals surface area contributed by atoms with Gasteiger partial charge >= 0.3 is 0 Å². The maximum absolute atomic E-state index is 12.5. The van der Waals surface area contributed by atoms with Gasteiger partial charge in [-0.2, -0.15) is 0 Å². The summed E-state index contributed by atoms with van der Waals surface area (Å²) in [4.78, 5) is 17.6. The van der Waals surface area contributed by atoms with Crippen molar-refractivity contribution < 1.29 is 19.0 Å². The van der Waals surface area contributed by atoms with Crippen LogP contribution in [0.25, 0.3) is 6.08 Å². The highest BCUT2D eigenvalue weighted by molar-refractivity contribution is 14.1. The predicted octanol–water partition coefficient (Wildman–Crippen LogP) is 6.77. The highest BCUT2D eigenvalue weighted by Gasteiger charge is 2.24. The number of amidine groups is 1. The van der Waals surface area contributed by atoms with Gasteiger partial charge in [0.15, 0.2) is 16.7 Å². The smallest absolute Gasteiger partial charge is 0.264 e. The molecular weight excluding hydrogens is 690 g/mol. The maximum Gasteiger partial charge on any atom is 0.264 e. The van der Waals surface area contributed by atoms with Gasteiger partial charge in [0.05, 0.1) is 27.9 Å². The number of rotatable bonds is 8. The first-order chi connectivity index (χ1) is 16.9. The van der Waals surface area contributed by atoms with E-state index in [-0.39, 0.29) is 5.91 Å². The first kappa shape index (κ1) is 25.8. The Morgan fingerprint density at radius 2 is 1.77 bits per heavy atom. The lowest BCUT2D eigenvalue weighted by Gasteiger charge is -2.14. The summed E-state index contributed by atoms with van der Waals surface area (Å²) in [6.45, 7) is 2.99. The molecule has 35 heavy (non-hydrogen) atoms. The molecular formula is C26H22I2N2O4S. The van der Waals surface area contributed by atoms with Crippen LogP contribution in [0.1, 0.15) is 18.1 Å². The molecule has 0 spiro atoms. The Morgan fingerprint density at radius 1 is 1.03 bits per heavy atom. The fourth-order valence-electron chi connectivity index (χ4n) is 3.23. The summed E-state index contributed by atoms with van der Waals surface area (Å²) in [5.41, 5.74) is 2.66. The van der Waals surface area contributed by atoms with Gasteiger partial charge in [-0.15, -0.1) is 0 Å². The SMILES string of the molecule is CCOc1ccc(N=C2NC(=O)/C(=C\c3cc(I)c(OCc4ccc(I)cc4)c(OC)c3)S2)cc1. The molecule has 4 rings (SSSR count). The van der Waals surface area contributed by atoms with Crippen LogP contribution in [0.2, 0.25) is 0 Å². The standard InChI is InChI=1S/C26H22I2N2O4S/c1-3-33-20-10-8-19(9-11-20)29-26-30-25(31)23(35-26)14-17-12-21(28)24(22(13-17)32-2)34-15-16-4-6-18(27)7-5-16/h4-14H,3,15H2,1-2H3,(H,29,30,31)/b23-14+. The van der Waals surface area contributed by atoms with E-state index in [9.17, 15) is 4.79 Å². The second kappa shape index (κ2) is 12.1. The number of amides is 1. The summed E-state index contributed by atoms with van der Waals surface area (Å²) >= 11 is 5.80. The van der Waals surface area contributed by atoms with Crippen molar-refractivity contribution in [2.24, 2.45) is 4.99 Å². The molecule has 0 aromatic heterocycles. The second-order valence-corrected chi connectivity index (χ2v) is 10.8. The van der Waals surface area contributed by atoms with Gasteiger partial charge in [0.2, 0.25) is 0 Å². The van der Waals surface area contributed by atoms with Crippen molar-refractivity contribution in [2.75, 3.05) is 13.7 Å². The molecule has 0 aliphatic carbocycles. The van der Waals surface area contributed by atoms with Crippen LogP contribution in [0.4, 0.5) is 5.69 Å². The molecule has 3 aromatic carbocycles. The average Bonchev–Trinajstić information content (AvgIpc) is 3.18. The van der Waals surface area contributed by atoms with Crippen molar-refractivity contribution in [2.45, 2.75) is 13.5 Å². The molecule has 1 N–H and O–H groups in total. The molecule has 9 heteroatoms. The van der Waals surface area contributed by atoms with Crippen LogP contribution in [-0.2, 0) is 11.4 Å². The number of thioether (sulfide) groups is 1. The Kier molecular flexibility index (Phi) is 8.95. The Bertz CT molecular complexity index is 1280. The zero-order chi connectivity index (χ0) is 24.8. The van der Waals surface area contributed by atoms with E-state index < -0.39 is 0 Å². The van der Waals surface area contributed by atoms with Gasteiger partial charge in [-0.3, -0.25) is 4.79 Å². The van der Waals surface area contributed by atoms with Gasteiger partial charge in [-0.25, -0.2) is 4.99 Å².